The highest BCUT2D eigenvalue weighted by molar-refractivity contribution is 5.77. The number of aryl methyl sites for hydroxylation is 1. The predicted molar refractivity (Wildman–Crippen MR) is 91.2 cm³/mol. The molecule has 0 aliphatic carbocycles. The van der Waals surface area contributed by atoms with Crippen molar-refractivity contribution in [2.45, 2.75) is 19.4 Å². The standard InChI is InChI=1S/C18H20N2O3/c1-12(10-13-6-4-5-7-16(13)22-3)19-14-8-9-15-17(11-14)23-18(21)20(15)2/h4-9,11-12,19H,10H2,1-3H3. The summed E-state index contributed by atoms with van der Waals surface area (Å²) in [5, 5.41) is 3.44. The average molecular weight is 312 g/mol. The molecular formula is C18H20N2O3. The van der Waals surface area contributed by atoms with Crippen molar-refractivity contribution in [2.75, 3.05) is 12.4 Å². The number of benzene rings is 2. The molecule has 2 aromatic carbocycles. The molecule has 120 valence electrons. The van der Waals surface area contributed by atoms with Crippen molar-refractivity contribution >= 4 is 16.8 Å². The highest BCUT2D eigenvalue weighted by atomic mass is 16.5. The highest BCUT2D eigenvalue weighted by Gasteiger charge is 2.10. The fraction of sp³-hybridized carbons (Fsp3) is 0.278. The van der Waals surface area contributed by atoms with Gasteiger partial charge in [0.05, 0.1) is 12.6 Å². The lowest BCUT2D eigenvalue weighted by atomic mass is 10.1. The van der Waals surface area contributed by atoms with Gasteiger partial charge in [0.25, 0.3) is 0 Å². The van der Waals surface area contributed by atoms with Gasteiger partial charge in [-0.25, -0.2) is 4.79 Å². The maximum atomic E-state index is 11.5. The zero-order chi connectivity index (χ0) is 16.4. The third-order valence-electron chi connectivity index (χ3n) is 3.92. The van der Waals surface area contributed by atoms with Crippen molar-refractivity contribution in [2.24, 2.45) is 7.05 Å². The van der Waals surface area contributed by atoms with Crippen LogP contribution in [0.5, 0.6) is 5.75 Å². The number of nitrogens with zero attached hydrogens (tertiary/aromatic N) is 1. The van der Waals surface area contributed by atoms with Gasteiger partial charge in [0.15, 0.2) is 5.58 Å². The first kappa shape index (κ1) is 15.2. The van der Waals surface area contributed by atoms with Gasteiger partial charge in [0.1, 0.15) is 5.75 Å². The normalized spacial score (nSPS) is 12.3. The number of hydrogen-bond acceptors (Lipinski definition) is 4. The van der Waals surface area contributed by atoms with Gasteiger partial charge in [-0.05, 0) is 37.1 Å². The minimum atomic E-state index is -0.348. The summed E-state index contributed by atoms with van der Waals surface area (Å²) in [5.41, 5.74) is 3.46. The van der Waals surface area contributed by atoms with Crippen molar-refractivity contribution in [3.8, 4) is 5.75 Å². The largest absolute Gasteiger partial charge is 0.496 e. The summed E-state index contributed by atoms with van der Waals surface area (Å²) in [4.78, 5) is 11.5. The molecule has 1 unspecified atom stereocenters. The summed E-state index contributed by atoms with van der Waals surface area (Å²) < 4.78 is 12.1. The Morgan fingerprint density at radius 2 is 2.04 bits per heavy atom. The van der Waals surface area contributed by atoms with Crippen molar-refractivity contribution in [1.29, 1.82) is 0 Å². The van der Waals surface area contributed by atoms with Gasteiger partial charge in [0.2, 0.25) is 0 Å². The number of nitrogens with one attached hydrogen (secondary N) is 1. The summed E-state index contributed by atoms with van der Waals surface area (Å²) in [6.07, 6.45) is 0.834. The van der Waals surface area contributed by atoms with Crippen LogP contribution in [0.2, 0.25) is 0 Å². The van der Waals surface area contributed by atoms with Gasteiger partial charge in [0, 0.05) is 24.8 Å². The molecule has 5 nitrogen and oxygen atoms in total. The lowest BCUT2D eigenvalue weighted by molar-refractivity contribution is 0.409. The van der Waals surface area contributed by atoms with Crippen LogP contribution < -0.4 is 15.8 Å². The first-order valence-corrected chi connectivity index (χ1v) is 7.56. The van der Waals surface area contributed by atoms with Crippen LogP contribution >= 0.6 is 0 Å². The van der Waals surface area contributed by atoms with Gasteiger partial charge in [-0.2, -0.15) is 0 Å². The van der Waals surface area contributed by atoms with Gasteiger partial charge in [-0.3, -0.25) is 4.57 Å². The maximum absolute atomic E-state index is 11.5. The summed E-state index contributed by atoms with van der Waals surface area (Å²) in [6, 6.07) is 13.9. The molecular weight excluding hydrogens is 292 g/mol. The Bertz CT molecular complexity index is 879. The molecule has 0 aliphatic rings. The number of ether oxygens (including phenoxy) is 1. The molecule has 0 fully saturated rings. The fourth-order valence-corrected chi connectivity index (χ4v) is 2.76. The van der Waals surface area contributed by atoms with Gasteiger partial charge in [-0.15, -0.1) is 0 Å². The monoisotopic (exact) mass is 312 g/mol. The van der Waals surface area contributed by atoms with E-state index in [9.17, 15) is 4.79 Å². The molecule has 5 heteroatoms. The number of para-hydroxylation sites is 1. The first-order chi connectivity index (χ1) is 11.1. The van der Waals surface area contributed by atoms with Crippen molar-refractivity contribution in [1.82, 2.24) is 4.57 Å². The second kappa shape index (κ2) is 6.20. The smallest absolute Gasteiger partial charge is 0.419 e. The molecule has 0 amide bonds. The Hall–Kier alpha value is -2.69. The summed E-state index contributed by atoms with van der Waals surface area (Å²) in [5.74, 6) is 0.546. The zero-order valence-corrected chi connectivity index (χ0v) is 13.5. The predicted octanol–water partition coefficient (Wildman–Crippen LogP) is 3.18. The van der Waals surface area contributed by atoms with E-state index in [1.807, 2.05) is 36.4 Å². The molecule has 3 rings (SSSR count). The Kier molecular flexibility index (Phi) is 4.10. The third kappa shape index (κ3) is 3.08. The topological polar surface area (TPSA) is 56.4 Å². The van der Waals surface area contributed by atoms with E-state index in [0.29, 0.717) is 5.58 Å². The van der Waals surface area contributed by atoms with E-state index in [1.165, 1.54) is 4.57 Å². The second-order valence-corrected chi connectivity index (χ2v) is 5.67. The quantitative estimate of drug-likeness (QED) is 0.786. The van der Waals surface area contributed by atoms with Crippen LogP contribution in [0.4, 0.5) is 5.69 Å². The van der Waals surface area contributed by atoms with E-state index in [1.54, 1.807) is 14.2 Å². The van der Waals surface area contributed by atoms with Crippen molar-refractivity contribution in [3.05, 3.63) is 58.6 Å². The Labute approximate surface area is 134 Å². The van der Waals surface area contributed by atoms with Crippen LogP contribution in [-0.4, -0.2) is 17.7 Å². The Morgan fingerprint density at radius 3 is 2.83 bits per heavy atom. The molecule has 23 heavy (non-hydrogen) atoms. The zero-order valence-electron chi connectivity index (χ0n) is 13.5. The van der Waals surface area contributed by atoms with Crippen molar-refractivity contribution in [3.63, 3.8) is 0 Å². The second-order valence-electron chi connectivity index (χ2n) is 5.67. The van der Waals surface area contributed by atoms with E-state index < -0.39 is 0 Å². The number of methoxy groups -OCH3 is 1. The van der Waals surface area contributed by atoms with Crippen LogP contribution in [-0.2, 0) is 13.5 Å². The molecule has 0 saturated carbocycles. The summed E-state index contributed by atoms with van der Waals surface area (Å²) in [7, 11) is 3.38. The van der Waals surface area contributed by atoms with Gasteiger partial charge < -0.3 is 14.5 Å². The molecule has 0 bridgehead atoms. The van der Waals surface area contributed by atoms with E-state index in [2.05, 4.69) is 18.3 Å². The van der Waals surface area contributed by atoms with Crippen LogP contribution in [0.15, 0.2) is 51.7 Å². The number of oxazole rings is 1. The molecule has 0 radical (unpaired) electrons. The summed E-state index contributed by atoms with van der Waals surface area (Å²) >= 11 is 0. The highest BCUT2D eigenvalue weighted by Crippen LogP contribution is 2.22. The number of anilines is 1. The molecule has 1 aromatic heterocycles. The molecule has 1 N–H and O–H groups in total. The lowest BCUT2D eigenvalue weighted by Gasteiger charge is -2.17. The van der Waals surface area contributed by atoms with Gasteiger partial charge in [-0.1, -0.05) is 18.2 Å². The number of aromatic nitrogens is 1. The molecule has 1 atom stereocenters. The minimum Gasteiger partial charge on any atom is -0.496 e. The van der Waals surface area contributed by atoms with Crippen LogP contribution in [0, 0.1) is 0 Å². The van der Waals surface area contributed by atoms with Crippen molar-refractivity contribution < 1.29 is 9.15 Å². The fourth-order valence-electron chi connectivity index (χ4n) is 2.76. The lowest BCUT2D eigenvalue weighted by Crippen LogP contribution is -2.18. The number of fused-ring (bicyclic) bond motifs is 1. The Balaban J connectivity index is 1.77. The molecule has 0 spiro atoms. The van der Waals surface area contributed by atoms with Gasteiger partial charge >= 0.3 is 5.76 Å². The molecule has 3 aromatic rings. The SMILES string of the molecule is COc1ccccc1CC(C)Nc1ccc2c(c1)oc(=O)n2C. The number of rotatable bonds is 5. The molecule has 1 heterocycles. The van der Waals surface area contributed by atoms with E-state index in [4.69, 9.17) is 9.15 Å². The van der Waals surface area contributed by atoms with E-state index in [0.717, 1.165) is 28.9 Å². The third-order valence-corrected chi connectivity index (χ3v) is 3.92. The number of hydrogen-bond donors (Lipinski definition) is 1. The van der Waals surface area contributed by atoms with Crippen LogP contribution in [0.25, 0.3) is 11.1 Å². The average Bonchev–Trinajstić information content (AvgIpc) is 2.82. The van der Waals surface area contributed by atoms with Crippen LogP contribution in [0.3, 0.4) is 0 Å². The molecule has 0 aliphatic heterocycles. The van der Waals surface area contributed by atoms with Crippen LogP contribution in [0.1, 0.15) is 12.5 Å². The summed E-state index contributed by atoms with van der Waals surface area (Å²) in [6.45, 7) is 2.11. The maximum Gasteiger partial charge on any atom is 0.419 e. The first-order valence-electron chi connectivity index (χ1n) is 7.56. The Morgan fingerprint density at radius 1 is 1.26 bits per heavy atom. The minimum absolute atomic E-state index is 0.208. The molecule has 0 saturated heterocycles. The van der Waals surface area contributed by atoms with E-state index >= 15 is 0 Å². The van der Waals surface area contributed by atoms with E-state index in [-0.39, 0.29) is 11.8 Å².